The summed E-state index contributed by atoms with van der Waals surface area (Å²) in [6.45, 7) is 0.520. The largest absolute Gasteiger partial charge is 0.481 e. The van der Waals surface area contributed by atoms with Crippen LogP contribution in [0, 0.1) is 5.82 Å². The summed E-state index contributed by atoms with van der Waals surface area (Å²) in [4.78, 5) is 4.01. The summed E-state index contributed by atoms with van der Waals surface area (Å²) < 4.78 is 18.1. The average molecular weight is 247 g/mol. The molecule has 94 valence electrons. The molecular formula is C13H14FN3O. The zero-order valence-corrected chi connectivity index (χ0v) is 9.98. The monoisotopic (exact) mass is 247 g/mol. The smallest absolute Gasteiger partial charge is 0.213 e. The van der Waals surface area contributed by atoms with Gasteiger partial charge in [-0.2, -0.15) is 0 Å². The van der Waals surface area contributed by atoms with Crippen LogP contribution in [0.4, 0.5) is 15.8 Å². The van der Waals surface area contributed by atoms with Crippen molar-refractivity contribution in [1.29, 1.82) is 0 Å². The standard InChI is InChI=1S/C13H14FN3O/c1-18-13-6-9(4-5-16-13)8-17-12-7-10(14)2-3-11(12)15/h2-7,17H,8,15H2,1H3. The van der Waals surface area contributed by atoms with Gasteiger partial charge in [0.2, 0.25) is 5.88 Å². The third-order valence-corrected chi connectivity index (χ3v) is 2.51. The number of benzene rings is 1. The first-order chi connectivity index (χ1) is 8.69. The van der Waals surface area contributed by atoms with Gasteiger partial charge in [-0.3, -0.25) is 0 Å². The number of methoxy groups -OCH3 is 1. The summed E-state index contributed by atoms with van der Waals surface area (Å²) in [5.74, 6) is 0.223. The number of nitrogens with one attached hydrogen (secondary N) is 1. The molecule has 2 aromatic rings. The summed E-state index contributed by atoms with van der Waals surface area (Å²) in [6.07, 6.45) is 1.66. The minimum atomic E-state index is -0.320. The zero-order valence-electron chi connectivity index (χ0n) is 9.98. The predicted molar refractivity (Wildman–Crippen MR) is 68.9 cm³/mol. The molecule has 1 aromatic heterocycles. The number of halogens is 1. The Labute approximate surface area is 105 Å². The van der Waals surface area contributed by atoms with Crippen molar-refractivity contribution < 1.29 is 9.13 Å². The maximum atomic E-state index is 13.1. The second-order valence-corrected chi connectivity index (χ2v) is 3.79. The molecule has 0 aliphatic rings. The molecule has 0 spiro atoms. The van der Waals surface area contributed by atoms with Crippen LogP contribution in [-0.2, 0) is 6.54 Å². The summed E-state index contributed by atoms with van der Waals surface area (Å²) in [5, 5.41) is 3.07. The molecule has 0 bridgehead atoms. The summed E-state index contributed by atoms with van der Waals surface area (Å²) >= 11 is 0. The Kier molecular flexibility index (Phi) is 3.62. The number of anilines is 2. The molecule has 5 heteroatoms. The van der Waals surface area contributed by atoms with Crippen molar-refractivity contribution in [2.24, 2.45) is 0 Å². The number of nitrogens with two attached hydrogens (primary N) is 1. The van der Waals surface area contributed by atoms with Crippen LogP contribution in [0.1, 0.15) is 5.56 Å². The van der Waals surface area contributed by atoms with E-state index in [1.807, 2.05) is 12.1 Å². The molecule has 1 aromatic carbocycles. The van der Waals surface area contributed by atoms with Crippen molar-refractivity contribution in [1.82, 2.24) is 4.98 Å². The van der Waals surface area contributed by atoms with Crippen molar-refractivity contribution in [3.05, 3.63) is 47.9 Å². The van der Waals surface area contributed by atoms with Gasteiger partial charge in [-0.15, -0.1) is 0 Å². The first kappa shape index (κ1) is 12.2. The van der Waals surface area contributed by atoms with Gasteiger partial charge in [0.1, 0.15) is 5.82 Å². The third kappa shape index (κ3) is 2.88. The van der Waals surface area contributed by atoms with Gasteiger partial charge in [0.15, 0.2) is 0 Å². The van der Waals surface area contributed by atoms with E-state index in [0.29, 0.717) is 23.8 Å². The molecule has 3 N–H and O–H groups in total. The fourth-order valence-corrected chi connectivity index (χ4v) is 1.55. The fourth-order valence-electron chi connectivity index (χ4n) is 1.55. The highest BCUT2D eigenvalue weighted by Crippen LogP contribution is 2.20. The van der Waals surface area contributed by atoms with E-state index in [2.05, 4.69) is 10.3 Å². The molecule has 4 nitrogen and oxygen atoms in total. The van der Waals surface area contributed by atoms with Crippen molar-refractivity contribution in [3.63, 3.8) is 0 Å². The van der Waals surface area contributed by atoms with E-state index in [9.17, 15) is 4.39 Å². The fraction of sp³-hybridized carbons (Fsp3) is 0.154. The predicted octanol–water partition coefficient (Wildman–Crippen LogP) is 2.42. The van der Waals surface area contributed by atoms with Crippen molar-refractivity contribution in [2.75, 3.05) is 18.2 Å². The molecule has 0 radical (unpaired) electrons. The highest BCUT2D eigenvalue weighted by atomic mass is 19.1. The van der Waals surface area contributed by atoms with Gasteiger partial charge in [0, 0.05) is 18.8 Å². The van der Waals surface area contributed by atoms with E-state index in [-0.39, 0.29) is 5.82 Å². The van der Waals surface area contributed by atoms with Crippen LogP contribution in [0.5, 0.6) is 5.88 Å². The topological polar surface area (TPSA) is 60.2 Å². The lowest BCUT2D eigenvalue weighted by Crippen LogP contribution is -2.03. The Morgan fingerprint density at radius 3 is 2.94 bits per heavy atom. The van der Waals surface area contributed by atoms with Gasteiger partial charge >= 0.3 is 0 Å². The molecule has 0 saturated heterocycles. The van der Waals surface area contributed by atoms with E-state index in [1.54, 1.807) is 13.3 Å². The van der Waals surface area contributed by atoms with Gasteiger partial charge in [-0.1, -0.05) is 0 Å². The van der Waals surface area contributed by atoms with E-state index < -0.39 is 0 Å². The maximum Gasteiger partial charge on any atom is 0.213 e. The highest BCUT2D eigenvalue weighted by molar-refractivity contribution is 5.65. The molecule has 18 heavy (non-hydrogen) atoms. The van der Waals surface area contributed by atoms with E-state index in [0.717, 1.165) is 5.56 Å². The van der Waals surface area contributed by atoms with E-state index in [1.165, 1.54) is 18.2 Å². The average Bonchev–Trinajstić information content (AvgIpc) is 2.40. The van der Waals surface area contributed by atoms with Crippen LogP contribution in [-0.4, -0.2) is 12.1 Å². The van der Waals surface area contributed by atoms with Gasteiger partial charge in [-0.05, 0) is 29.8 Å². The van der Waals surface area contributed by atoms with Crippen LogP contribution in [0.3, 0.4) is 0 Å². The maximum absolute atomic E-state index is 13.1. The van der Waals surface area contributed by atoms with Gasteiger partial charge in [-0.25, -0.2) is 9.37 Å². The third-order valence-electron chi connectivity index (χ3n) is 2.51. The summed E-state index contributed by atoms with van der Waals surface area (Å²) in [7, 11) is 1.56. The highest BCUT2D eigenvalue weighted by Gasteiger charge is 2.02. The number of nitrogen functional groups attached to an aromatic ring is 1. The first-order valence-corrected chi connectivity index (χ1v) is 5.47. The SMILES string of the molecule is COc1cc(CNc2cc(F)ccc2N)ccn1. The van der Waals surface area contributed by atoms with E-state index >= 15 is 0 Å². The number of hydrogen-bond acceptors (Lipinski definition) is 4. The lowest BCUT2D eigenvalue weighted by atomic mass is 10.2. The lowest BCUT2D eigenvalue weighted by molar-refractivity contribution is 0.397. The quantitative estimate of drug-likeness (QED) is 0.814. The second-order valence-electron chi connectivity index (χ2n) is 3.79. The molecule has 0 unspecified atom stereocenters. The lowest BCUT2D eigenvalue weighted by Gasteiger charge is -2.09. The minimum Gasteiger partial charge on any atom is -0.481 e. The van der Waals surface area contributed by atoms with Gasteiger partial charge < -0.3 is 15.8 Å². The Hall–Kier alpha value is -2.30. The number of ether oxygens (including phenoxy) is 1. The van der Waals surface area contributed by atoms with Gasteiger partial charge in [0.25, 0.3) is 0 Å². The zero-order chi connectivity index (χ0) is 13.0. The molecule has 1 heterocycles. The van der Waals surface area contributed by atoms with Crippen LogP contribution in [0.25, 0.3) is 0 Å². The molecule has 0 saturated carbocycles. The number of pyridine rings is 1. The Morgan fingerprint density at radius 2 is 2.17 bits per heavy atom. The van der Waals surface area contributed by atoms with Crippen molar-refractivity contribution in [2.45, 2.75) is 6.54 Å². The van der Waals surface area contributed by atoms with Gasteiger partial charge in [0.05, 0.1) is 18.5 Å². The number of aromatic nitrogens is 1. The minimum absolute atomic E-state index is 0.320. The summed E-state index contributed by atoms with van der Waals surface area (Å²) in [5.41, 5.74) is 7.81. The van der Waals surface area contributed by atoms with Crippen molar-refractivity contribution in [3.8, 4) is 5.88 Å². The number of rotatable bonds is 4. The Balaban J connectivity index is 2.08. The molecular weight excluding hydrogens is 233 g/mol. The molecule has 0 fully saturated rings. The van der Waals surface area contributed by atoms with Crippen LogP contribution >= 0.6 is 0 Å². The van der Waals surface area contributed by atoms with Crippen LogP contribution < -0.4 is 15.8 Å². The second kappa shape index (κ2) is 5.35. The molecule has 0 aliphatic carbocycles. The molecule has 2 rings (SSSR count). The van der Waals surface area contributed by atoms with Crippen LogP contribution in [0.15, 0.2) is 36.5 Å². The molecule has 0 aliphatic heterocycles. The number of nitrogens with zero attached hydrogens (tertiary/aromatic N) is 1. The molecule has 0 amide bonds. The van der Waals surface area contributed by atoms with Crippen LogP contribution in [0.2, 0.25) is 0 Å². The molecule has 0 atom stereocenters. The Morgan fingerprint density at radius 1 is 1.33 bits per heavy atom. The van der Waals surface area contributed by atoms with E-state index in [4.69, 9.17) is 10.5 Å². The normalized spacial score (nSPS) is 10.1. The Bertz CT molecular complexity index is 546. The first-order valence-electron chi connectivity index (χ1n) is 5.47. The summed E-state index contributed by atoms with van der Waals surface area (Å²) in [6, 6.07) is 7.89. The number of hydrogen-bond donors (Lipinski definition) is 2. The van der Waals surface area contributed by atoms with Crippen molar-refractivity contribution >= 4 is 11.4 Å².